The summed E-state index contributed by atoms with van der Waals surface area (Å²) in [7, 11) is 0. The van der Waals surface area contributed by atoms with Gasteiger partial charge in [-0.1, -0.05) is 32.4 Å². The molecule has 1 unspecified atom stereocenters. The fourth-order valence-electron chi connectivity index (χ4n) is 2.01. The summed E-state index contributed by atoms with van der Waals surface area (Å²) in [4.78, 5) is 2.50. The van der Waals surface area contributed by atoms with Gasteiger partial charge in [0.15, 0.2) is 0 Å². The van der Waals surface area contributed by atoms with Crippen LogP contribution < -0.4 is 10.6 Å². The standard InChI is InChI=1S/C15H26N2/c1-4-6-10-17(13(3)5-2)15-9-7-8-14(11-15)12-16/h7-9,11,13H,4-6,10,12,16H2,1-3H3. The lowest BCUT2D eigenvalue weighted by Crippen LogP contribution is -2.33. The first-order chi connectivity index (χ1) is 8.22. The topological polar surface area (TPSA) is 29.3 Å². The molecule has 1 aromatic rings. The Hall–Kier alpha value is -1.02. The van der Waals surface area contributed by atoms with Gasteiger partial charge in [-0.2, -0.15) is 0 Å². The summed E-state index contributed by atoms with van der Waals surface area (Å²) in [6, 6.07) is 9.22. The fraction of sp³-hybridized carbons (Fsp3) is 0.600. The average Bonchev–Trinajstić information content (AvgIpc) is 2.39. The fourth-order valence-corrected chi connectivity index (χ4v) is 2.01. The second-order valence-electron chi connectivity index (χ2n) is 4.68. The highest BCUT2D eigenvalue weighted by Gasteiger charge is 2.12. The zero-order chi connectivity index (χ0) is 12.7. The van der Waals surface area contributed by atoms with E-state index in [1.165, 1.54) is 30.5 Å². The molecule has 0 heterocycles. The van der Waals surface area contributed by atoms with Crippen LogP contribution in [-0.4, -0.2) is 12.6 Å². The van der Waals surface area contributed by atoms with Crippen LogP contribution in [0.25, 0.3) is 0 Å². The van der Waals surface area contributed by atoms with E-state index in [9.17, 15) is 0 Å². The number of hydrogen-bond donors (Lipinski definition) is 1. The number of nitrogens with zero attached hydrogens (tertiary/aromatic N) is 1. The molecule has 0 saturated carbocycles. The molecule has 0 amide bonds. The van der Waals surface area contributed by atoms with Gasteiger partial charge in [0.1, 0.15) is 0 Å². The first-order valence-corrected chi connectivity index (χ1v) is 6.78. The maximum absolute atomic E-state index is 5.71. The average molecular weight is 234 g/mol. The first kappa shape index (κ1) is 14.0. The molecule has 96 valence electrons. The van der Waals surface area contributed by atoms with Crippen molar-refractivity contribution in [1.29, 1.82) is 0 Å². The Morgan fingerprint density at radius 1 is 1.29 bits per heavy atom. The molecular weight excluding hydrogens is 208 g/mol. The van der Waals surface area contributed by atoms with Gasteiger partial charge >= 0.3 is 0 Å². The zero-order valence-corrected chi connectivity index (χ0v) is 11.4. The molecule has 0 spiro atoms. The number of unbranched alkanes of at least 4 members (excludes halogenated alkanes) is 1. The number of anilines is 1. The van der Waals surface area contributed by atoms with Crippen LogP contribution in [0.5, 0.6) is 0 Å². The van der Waals surface area contributed by atoms with Crippen LogP contribution in [-0.2, 0) is 6.54 Å². The smallest absolute Gasteiger partial charge is 0.0371 e. The highest BCUT2D eigenvalue weighted by atomic mass is 15.2. The molecule has 0 aliphatic carbocycles. The van der Waals surface area contributed by atoms with E-state index in [1.54, 1.807) is 0 Å². The van der Waals surface area contributed by atoms with Gasteiger partial charge in [0, 0.05) is 24.8 Å². The zero-order valence-electron chi connectivity index (χ0n) is 11.4. The summed E-state index contributed by atoms with van der Waals surface area (Å²) in [5.41, 5.74) is 8.24. The Morgan fingerprint density at radius 2 is 2.06 bits per heavy atom. The second-order valence-corrected chi connectivity index (χ2v) is 4.68. The lowest BCUT2D eigenvalue weighted by atomic mass is 10.1. The first-order valence-electron chi connectivity index (χ1n) is 6.78. The summed E-state index contributed by atoms with van der Waals surface area (Å²) in [5, 5.41) is 0. The molecule has 17 heavy (non-hydrogen) atoms. The summed E-state index contributed by atoms with van der Waals surface area (Å²) in [6.45, 7) is 8.54. The van der Waals surface area contributed by atoms with Crippen molar-refractivity contribution >= 4 is 5.69 Å². The van der Waals surface area contributed by atoms with Crippen LogP contribution in [0.15, 0.2) is 24.3 Å². The van der Waals surface area contributed by atoms with Gasteiger partial charge in [-0.3, -0.25) is 0 Å². The van der Waals surface area contributed by atoms with Gasteiger partial charge < -0.3 is 10.6 Å². The highest BCUT2D eigenvalue weighted by Crippen LogP contribution is 2.20. The predicted molar refractivity (Wildman–Crippen MR) is 76.3 cm³/mol. The van der Waals surface area contributed by atoms with E-state index in [2.05, 4.69) is 49.9 Å². The summed E-state index contributed by atoms with van der Waals surface area (Å²) in [6.07, 6.45) is 3.66. The molecule has 0 aromatic heterocycles. The van der Waals surface area contributed by atoms with Crippen molar-refractivity contribution < 1.29 is 0 Å². The van der Waals surface area contributed by atoms with Crippen LogP contribution in [0.2, 0.25) is 0 Å². The third kappa shape index (κ3) is 4.04. The molecule has 2 nitrogen and oxygen atoms in total. The minimum absolute atomic E-state index is 0.592. The predicted octanol–water partition coefficient (Wildman–Crippen LogP) is 3.55. The van der Waals surface area contributed by atoms with Crippen LogP contribution >= 0.6 is 0 Å². The van der Waals surface area contributed by atoms with E-state index < -0.39 is 0 Å². The molecule has 0 aliphatic rings. The maximum Gasteiger partial charge on any atom is 0.0371 e. The van der Waals surface area contributed by atoms with Gasteiger partial charge in [-0.05, 0) is 37.5 Å². The summed E-state index contributed by atoms with van der Waals surface area (Å²) < 4.78 is 0. The molecule has 1 rings (SSSR count). The van der Waals surface area contributed by atoms with Crippen LogP contribution in [0.4, 0.5) is 5.69 Å². The minimum Gasteiger partial charge on any atom is -0.369 e. The van der Waals surface area contributed by atoms with E-state index >= 15 is 0 Å². The van der Waals surface area contributed by atoms with Crippen molar-refractivity contribution in [3.8, 4) is 0 Å². The van der Waals surface area contributed by atoms with Crippen molar-refractivity contribution in [2.24, 2.45) is 5.73 Å². The van der Waals surface area contributed by atoms with Crippen molar-refractivity contribution in [1.82, 2.24) is 0 Å². The van der Waals surface area contributed by atoms with E-state index in [1.807, 2.05) is 0 Å². The van der Waals surface area contributed by atoms with Gasteiger partial charge in [-0.25, -0.2) is 0 Å². The molecule has 0 radical (unpaired) electrons. The lowest BCUT2D eigenvalue weighted by molar-refractivity contribution is 0.595. The maximum atomic E-state index is 5.71. The molecule has 0 bridgehead atoms. The van der Waals surface area contributed by atoms with E-state index in [4.69, 9.17) is 5.73 Å². The Bertz CT molecular complexity index is 322. The van der Waals surface area contributed by atoms with Crippen molar-refractivity contribution in [2.75, 3.05) is 11.4 Å². The molecule has 0 saturated heterocycles. The lowest BCUT2D eigenvalue weighted by Gasteiger charge is -2.31. The number of nitrogens with two attached hydrogens (primary N) is 1. The highest BCUT2D eigenvalue weighted by molar-refractivity contribution is 5.49. The molecular formula is C15H26N2. The van der Waals surface area contributed by atoms with Gasteiger partial charge in [0.2, 0.25) is 0 Å². The molecule has 1 atom stereocenters. The Labute approximate surface area is 106 Å². The van der Waals surface area contributed by atoms with Gasteiger partial charge in [-0.15, -0.1) is 0 Å². The van der Waals surface area contributed by atoms with Crippen molar-refractivity contribution in [3.63, 3.8) is 0 Å². The molecule has 0 fully saturated rings. The SMILES string of the molecule is CCCCN(c1cccc(CN)c1)C(C)CC. The quantitative estimate of drug-likeness (QED) is 0.781. The molecule has 2 N–H and O–H groups in total. The third-order valence-electron chi connectivity index (χ3n) is 3.35. The third-order valence-corrected chi connectivity index (χ3v) is 3.35. The van der Waals surface area contributed by atoms with Crippen LogP contribution in [0.1, 0.15) is 45.6 Å². The Balaban J connectivity index is 2.86. The van der Waals surface area contributed by atoms with Crippen molar-refractivity contribution in [2.45, 2.75) is 52.6 Å². The normalized spacial score (nSPS) is 12.5. The van der Waals surface area contributed by atoms with E-state index in [-0.39, 0.29) is 0 Å². The molecule has 2 heteroatoms. The summed E-state index contributed by atoms with van der Waals surface area (Å²) >= 11 is 0. The molecule has 0 aliphatic heterocycles. The number of rotatable bonds is 7. The van der Waals surface area contributed by atoms with E-state index in [0.29, 0.717) is 12.6 Å². The largest absolute Gasteiger partial charge is 0.369 e. The minimum atomic E-state index is 0.592. The van der Waals surface area contributed by atoms with Crippen LogP contribution in [0, 0.1) is 0 Å². The molecule has 1 aromatic carbocycles. The van der Waals surface area contributed by atoms with Crippen molar-refractivity contribution in [3.05, 3.63) is 29.8 Å². The monoisotopic (exact) mass is 234 g/mol. The van der Waals surface area contributed by atoms with E-state index in [0.717, 1.165) is 6.54 Å². The number of benzene rings is 1. The Kier molecular flexibility index (Phi) is 6.06. The van der Waals surface area contributed by atoms with Gasteiger partial charge in [0.05, 0.1) is 0 Å². The number of hydrogen-bond acceptors (Lipinski definition) is 2. The van der Waals surface area contributed by atoms with Crippen LogP contribution in [0.3, 0.4) is 0 Å². The van der Waals surface area contributed by atoms with Gasteiger partial charge in [0.25, 0.3) is 0 Å². The Morgan fingerprint density at radius 3 is 2.65 bits per heavy atom. The second kappa shape index (κ2) is 7.33. The summed E-state index contributed by atoms with van der Waals surface area (Å²) in [5.74, 6) is 0.